The fourth-order valence-electron chi connectivity index (χ4n) is 2.30. The summed E-state index contributed by atoms with van der Waals surface area (Å²) in [7, 11) is 1.34. The molecule has 1 saturated carbocycles. The molecule has 0 spiro atoms. The lowest BCUT2D eigenvalue weighted by Crippen LogP contribution is -2.22. The van der Waals surface area contributed by atoms with Gasteiger partial charge in [0.15, 0.2) is 5.82 Å². The molecule has 1 aromatic heterocycles. The van der Waals surface area contributed by atoms with Gasteiger partial charge in [-0.15, -0.1) is 10.2 Å². The monoisotopic (exact) mass is 326 g/mol. The predicted molar refractivity (Wildman–Crippen MR) is 87.0 cm³/mol. The van der Waals surface area contributed by atoms with Gasteiger partial charge in [0.2, 0.25) is 5.91 Å². The van der Waals surface area contributed by atoms with Crippen LogP contribution in [0.2, 0.25) is 0 Å². The zero-order chi connectivity index (χ0) is 16.9. The van der Waals surface area contributed by atoms with Crippen LogP contribution in [0.25, 0.3) is 6.08 Å². The SMILES string of the molecule is COC(=O)c1ccc(C=CC(=O)NCc2nncn2C2CC2)cc1. The van der Waals surface area contributed by atoms with Gasteiger partial charge >= 0.3 is 5.97 Å². The number of esters is 1. The third-order valence-corrected chi connectivity index (χ3v) is 3.77. The van der Waals surface area contributed by atoms with Crippen molar-refractivity contribution in [2.24, 2.45) is 0 Å². The van der Waals surface area contributed by atoms with E-state index < -0.39 is 0 Å². The zero-order valence-electron chi connectivity index (χ0n) is 13.3. The quantitative estimate of drug-likeness (QED) is 0.645. The van der Waals surface area contributed by atoms with Crippen LogP contribution in [0.5, 0.6) is 0 Å². The molecule has 0 unspecified atom stereocenters. The van der Waals surface area contributed by atoms with Crippen molar-refractivity contribution in [3.63, 3.8) is 0 Å². The highest BCUT2D eigenvalue weighted by atomic mass is 16.5. The molecule has 1 amide bonds. The Morgan fingerprint density at radius 2 is 2.08 bits per heavy atom. The third kappa shape index (κ3) is 3.87. The van der Waals surface area contributed by atoms with Crippen LogP contribution in [0.3, 0.4) is 0 Å². The number of carbonyl (C=O) groups excluding carboxylic acids is 2. The van der Waals surface area contributed by atoms with E-state index in [1.165, 1.54) is 13.2 Å². The maximum Gasteiger partial charge on any atom is 0.337 e. The summed E-state index contributed by atoms with van der Waals surface area (Å²) in [6.45, 7) is 0.348. The van der Waals surface area contributed by atoms with Gasteiger partial charge in [0.1, 0.15) is 6.33 Å². The first-order valence-electron chi connectivity index (χ1n) is 7.70. The lowest BCUT2D eigenvalue weighted by atomic mass is 10.1. The van der Waals surface area contributed by atoms with E-state index in [9.17, 15) is 9.59 Å². The van der Waals surface area contributed by atoms with E-state index in [4.69, 9.17) is 0 Å². The van der Waals surface area contributed by atoms with Crippen LogP contribution in [-0.4, -0.2) is 33.8 Å². The number of ether oxygens (including phenoxy) is 1. The molecule has 0 saturated heterocycles. The highest BCUT2D eigenvalue weighted by Crippen LogP contribution is 2.35. The number of hydrogen-bond donors (Lipinski definition) is 1. The molecule has 0 radical (unpaired) electrons. The summed E-state index contributed by atoms with van der Waals surface area (Å²) in [6, 6.07) is 7.29. The lowest BCUT2D eigenvalue weighted by Gasteiger charge is -2.04. The van der Waals surface area contributed by atoms with Gasteiger partial charge in [0.05, 0.1) is 19.2 Å². The van der Waals surface area contributed by atoms with E-state index in [1.54, 1.807) is 36.7 Å². The fourth-order valence-corrected chi connectivity index (χ4v) is 2.30. The van der Waals surface area contributed by atoms with Crippen molar-refractivity contribution in [1.82, 2.24) is 20.1 Å². The Bertz CT molecular complexity index is 760. The Balaban J connectivity index is 1.53. The number of methoxy groups -OCH3 is 1. The van der Waals surface area contributed by atoms with Crippen molar-refractivity contribution in [2.75, 3.05) is 7.11 Å². The molecule has 3 rings (SSSR count). The first-order valence-corrected chi connectivity index (χ1v) is 7.70. The number of nitrogens with one attached hydrogen (secondary N) is 1. The van der Waals surface area contributed by atoms with E-state index in [0.29, 0.717) is 18.2 Å². The molecule has 1 aromatic carbocycles. The third-order valence-electron chi connectivity index (χ3n) is 3.77. The average molecular weight is 326 g/mol. The molecule has 1 aliphatic rings. The molecule has 7 nitrogen and oxygen atoms in total. The summed E-state index contributed by atoms with van der Waals surface area (Å²) in [5.74, 6) is 0.169. The molecule has 124 valence electrons. The van der Waals surface area contributed by atoms with Gasteiger partial charge in [-0.3, -0.25) is 4.79 Å². The molecular weight excluding hydrogens is 308 g/mol. The minimum Gasteiger partial charge on any atom is -0.465 e. The minimum atomic E-state index is -0.386. The van der Waals surface area contributed by atoms with Gasteiger partial charge in [-0.25, -0.2) is 4.79 Å². The predicted octanol–water partition coefficient (Wildman–Crippen LogP) is 1.73. The second-order valence-electron chi connectivity index (χ2n) is 5.55. The van der Waals surface area contributed by atoms with Gasteiger partial charge in [-0.1, -0.05) is 12.1 Å². The van der Waals surface area contributed by atoms with Gasteiger partial charge in [0.25, 0.3) is 0 Å². The molecule has 0 bridgehead atoms. The maximum atomic E-state index is 11.9. The van der Waals surface area contributed by atoms with Crippen LogP contribution < -0.4 is 5.32 Å². The summed E-state index contributed by atoms with van der Waals surface area (Å²) in [5, 5.41) is 10.7. The van der Waals surface area contributed by atoms with Crippen LogP contribution in [0.1, 0.15) is 40.6 Å². The summed E-state index contributed by atoms with van der Waals surface area (Å²) in [4.78, 5) is 23.3. The second-order valence-corrected chi connectivity index (χ2v) is 5.55. The second kappa shape index (κ2) is 7.08. The Morgan fingerprint density at radius 3 is 2.75 bits per heavy atom. The molecule has 1 fully saturated rings. The number of benzene rings is 1. The van der Waals surface area contributed by atoms with Gasteiger partial charge in [0, 0.05) is 12.1 Å². The molecule has 0 atom stereocenters. The highest BCUT2D eigenvalue weighted by Gasteiger charge is 2.25. The number of hydrogen-bond acceptors (Lipinski definition) is 5. The number of nitrogens with zero attached hydrogens (tertiary/aromatic N) is 3. The van der Waals surface area contributed by atoms with Crippen LogP contribution in [0.4, 0.5) is 0 Å². The first-order chi connectivity index (χ1) is 11.7. The maximum absolute atomic E-state index is 11.9. The molecule has 1 aliphatic carbocycles. The lowest BCUT2D eigenvalue weighted by molar-refractivity contribution is -0.116. The largest absolute Gasteiger partial charge is 0.465 e. The normalized spacial score (nSPS) is 13.9. The van der Waals surface area contributed by atoms with Crippen molar-refractivity contribution in [3.8, 4) is 0 Å². The van der Waals surface area contributed by atoms with Crippen LogP contribution in [0, 0.1) is 0 Å². The molecule has 2 aromatic rings. The van der Waals surface area contributed by atoms with Crippen LogP contribution in [-0.2, 0) is 16.1 Å². The van der Waals surface area contributed by atoms with Crippen LogP contribution >= 0.6 is 0 Å². The number of carbonyl (C=O) groups is 2. The Morgan fingerprint density at radius 1 is 1.33 bits per heavy atom. The smallest absolute Gasteiger partial charge is 0.337 e. The molecule has 7 heteroatoms. The average Bonchev–Trinajstić information content (AvgIpc) is 3.36. The highest BCUT2D eigenvalue weighted by molar-refractivity contribution is 5.92. The summed E-state index contributed by atoms with van der Waals surface area (Å²) >= 11 is 0. The number of amides is 1. The van der Waals surface area contributed by atoms with Crippen molar-refractivity contribution in [3.05, 3.63) is 53.6 Å². The first kappa shape index (κ1) is 15.9. The molecule has 24 heavy (non-hydrogen) atoms. The van der Waals surface area contributed by atoms with Crippen molar-refractivity contribution in [2.45, 2.75) is 25.4 Å². The molecular formula is C17H18N4O3. The van der Waals surface area contributed by atoms with Gasteiger partial charge in [-0.2, -0.15) is 0 Å². The van der Waals surface area contributed by atoms with Gasteiger partial charge < -0.3 is 14.6 Å². The van der Waals surface area contributed by atoms with E-state index in [1.807, 2.05) is 4.57 Å². The zero-order valence-corrected chi connectivity index (χ0v) is 13.3. The van der Waals surface area contributed by atoms with E-state index in [0.717, 1.165) is 24.2 Å². The van der Waals surface area contributed by atoms with Crippen molar-refractivity contribution in [1.29, 1.82) is 0 Å². The van der Waals surface area contributed by atoms with E-state index >= 15 is 0 Å². The summed E-state index contributed by atoms with van der Waals surface area (Å²) in [6.07, 6.45) is 7.12. The Kier molecular flexibility index (Phi) is 4.69. The van der Waals surface area contributed by atoms with Crippen molar-refractivity contribution < 1.29 is 14.3 Å². The molecule has 0 aliphatic heterocycles. The summed E-state index contributed by atoms with van der Waals surface area (Å²) in [5.41, 5.74) is 1.29. The Labute approximate surface area is 139 Å². The summed E-state index contributed by atoms with van der Waals surface area (Å²) < 4.78 is 6.65. The minimum absolute atomic E-state index is 0.211. The van der Waals surface area contributed by atoms with Gasteiger partial charge in [-0.05, 0) is 36.6 Å². The fraction of sp³-hybridized carbons (Fsp3) is 0.294. The van der Waals surface area contributed by atoms with Crippen LogP contribution in [0.15, 0.2) is 36.7 Å². The Hall–Kier alpha value is -2.96. The number of aromatic nitrogens is 3. The van der Waals surface area contributed by atoms with E-state index in [-0.39, 0.29) is 11.9 Å². The van der Waals surface area contributed by atoms with E-state index in [2.05, 4.69) is 20.3 Å². The standard InChI is InChI=1S/C17H18N4O3/c1-24-17(23)13-5-2-12(3-6-13)4-9-16(22)18-10-15-20-19-11-21(15)14-7-8-14/h2-6,9,11,14H,7-8,10H2,1H3,(H,18,22). The van der Waals surface area contributed by atoms with Crippen molar-refractivity contribution >= 4 is 18.0 Å². The molecule has 1 N–H and O–H groups in total. The number of rotatable bonds is 6. The molecule has 1 heterocycles. The topological polar surface area (TPSA) is 86.1 Å².